The molecule has 1 unspecified atom stereocenters. The molecule has 0 fully saturated rings. The number of hydrogen-bond donors (Lipinski definition) is 1. The van der Waals surface area contributed by atoms with E-state index in [-0.39, 0.29) is 5.75 Å². The summed E-state index contributed by atoms with van der Waals surface area (Å²) in [4.78, 5) is 0. The minimum atomic E-state index is -2.76. The van der Waals surface area contributed by atoms with E-state index in [0.29, 0.717) is 6.04 Å². The van der Waals surface area contributed by atoms with Gasteiger partial charge >= 0.3 is 6.61 Å². The van der Waals surface area contributed by atoms with Crippen LogP contribution in [-0.4, -0.2) is 19.2 Å². The number of unbranched alkanes of at least 4 members (excludes halogenated alkanes) is 2. The van der Waals surface area contributed by atoms with Crippen LogP contribution in [0.2, 0.25) is 0 Å². The number of halogens is 2. The highest BCUT2D eigenvalue weighted by atomic mass is 19.3. The number of alkyl halides is 2. The maximum atomic E-state index is 12.0. The van der Waals surface area contributed by atoms with Crippen LogP contribution in [0.5, 0.6) is 5.75 Å². The molecular formula is C16H25F2NO. The first-order chi connectivity index (χ1) is 9.61. The smallest absolute Gasteiger partial charge is 0.387 e. The van der Waals surface area contributed by atoms with E-state index in [1.807, 2.05) is 12.1 Å². The molecule has 4 heteroatoms. The zero-order valence-electron chi connectivity index (χ0n) is 12.4. The predicted molar refractivity (Wildman–Crippen MR) is 78.4 cm³/mol. The van der Waals surface area contributed by atoms with Crippen molar-refractivity contribution in [2.45, 2.75) is 58.6 Å². The van der Waals surface area contributed by atoms with Crippen LogP contribution in [0.1, 0.15) is 45.1 Å². The molecule has 1 aromatic carbocycles. The Hall–Kier alpha value is -1.16. The molecular weight excluding hydrogens is 260 g/mol. The Morgan fingerprint density at radius 2 is 1.85 bits per heavy atom. The fraction of sp³-hybridized carbons (Fsp3) is 0.625. The SMILES string of the molecule is CCCCCNC(C)CCc1ccc(OC(F)F)cc1. The highest BCUT2D eigenvalue weighted by Gasteiger charge is 2.05. The van der Waals surface area contributed by atoms with Crippen molar-refractivity contribution in [3.8, 4) is 5.75 Å². The summed E-state index contributed by atoms with van der Waals surface area (Å²) in [5.74, 6) is 0.217. The Morgan fingerprint density at radius 1 is 1.15 bits per heavy atom. The van der Waals surface area contributed by atoms with Crippen molar-refractivity contribution in [1.29, 1.82) is 0 Å². The third-order valence-corrected chi connectivity index (χ3v) is 3.29. The van der Waals surface area contributed by atoms with Gasteiger partial charge in [0.25, 0.3) is 0 Å². The van der Waals surface area contributed by atoms with Gasteiger partial charge in [0.1, 0.15) is 5.75 Å². The molecule has 1 atom stereocenters. The van der Waals surface area contributed by atoms with E-state index >= 15 is 0 Å². The fourth-order valence-corrected chi connectivity index (χ4v) is 2.05. The molecule has 0 heterocycles. The molecule has 1 N–H and O–H groups in total. The molecule has 0 aliphatic rings. The summed E-state index contributed by atoms with van der Waals surface area (Å²) in [5, 5.41) is 3.50. The molecule has 0 spiro atoms. The molecule has 0 bridgehead atoms. The lowest BCUT2D eigenvalue weighted by Gasteiger charge is -2.13. The zero-order valence-corrected chi connectivity index (χ0v) is 12.4. The second-order valence-corrected chi connectivity index (χ2v) is 5.12. The van der Waals surface area contributed by atoms with Gasteiger partial charge < -0.3 is 10.1 Å². The summed E-state index contributed by atoms with van der Waals surface area (Å²) in [7, 11) is 0. The Kier molecular flexibility index (Phi) is 8.19. The quantitative estimate of drug-likeness (QED) is 0.644. The fourth-order valence-electron chi connectivity index (χ4n) is 2.05. The van der Waals surface area contributed by atoms with Gasteiger partial charge in [0.05, 0.1) is 0 Å². The Balaban J connectivity index is 2.23. The molecule has 0 saturated heterocycles. The number of aryl methyl sites for hydroxylation is 1. The maximum absolute atomic E-state index is 12.0. The summed E-state index contributed by atoms with van der Waals surface area (Å²) in [6.07, 6.45) is 5.72. The summed E-state index contributed by atoms with van der Waals surface area (Å²) >= 11 is 0. The molecule has 0 radical (unpaired) electrons. The van der Waals surface area contributed by atoms with E-state index in [1.165, 1.54) is 19.3 Å². The summed E-state index contributed by atoms with van der Waals surface area (Å²) in [6, 6.07) is 7.37. The van der Waals surface area contributed by atoms with Gasteiger partial charge in [-0.05, 0) is 50.4 Å². The van der Waals surface area contributed by atoms with Crippen molar-refractivity contribution in [3.63, 3.8) is 0 Å². The number of benzene rings is 1. The van der Waals surface area contributed by atoms with Gasteiger partial charge in [0, 0.05) is 6.04 Å². The molecule has 114 valence electrons. The molecule has 1 rings (SSSR count). The van der Waals surface area contributed by atoms with E-state index < -0.39 is 6.61 Å². The highest BCUT2D eigenvalue weighted by molar-refractivity contribution is 5.27. The third-order valence-electron chi connectivity index (χ3n) is 3.29. The Morgan fingerprint density at radius 3 is 2.45 bits per heavy atom. The minimum Gasteiger partial charge on any atom is -0.435 e. The summed E-state index contributed by atoms with van der Waals surface area (Å²) in [6.45, 7) is 2.69. The molecule has 0 saturated carbocycles. The second-order valence-electron chi connectivity index (χ2n) is 5.12. The monoisotopic (exact) mass is 285 g/mol. The molecule has 0 aliphatic heterocycles. The highest BCUT2D eigenvalue weighted by Crippen LogP contribution is 2.16. The standard InChI is InChI=1S/C16H25F2NO/c1-3-4-5-12-19-13(2)6-7-14-8-10-15(11-9-14)20-16(17)18/h8-11,13,16,19H,3-7,12H2,1-2H3. The lowest BCUT2D eigenvalue weighted by Crippen LogP contribution is -2.27. The van der Waals surface area contributed by atoms with Crippen LogP contribution in [0.15, 0.2) is 24.3 Å². The first-order valence-electron chi connectivity index (χ1n) is 7.39. The Labute approximate surface area is 120 Å². The lowest BCUT2D eigenvalue weighted by atomic mass is 10.1. The molecule has 2 nitrogen and oxygen atoms in total. The van der Waals surface area contributed by atoms with Gasteiger partial charge in [-0.2, -0.15) is 8.78 Å². The van der Waals surface area contributed by atoms with Crippen LogP contribution in [0.25, 0.3) is 0 Å². The maximum Gasteiger partial charge on any atom is 0.387 e. The number of nitrogens with one attached hydrogen (secondary N) is 1. The van der Waals surface area contributed by atoms with Crippen LogP contribution in [-0.2, 0) is 6.42 Å². The van der Waals surface area contributed by atoms with Gasteiger partial charge in [-0.3, -0.25) is 0 Å². The van der Waals surface area contributed by atoms with Crippen LogP contribution in [0.3, 0.4) is 0 Å². The van der Waals surface area contributed by atoms with Crippen molar-refractivity contribution < 1.29 is 13.5 Å². The number of hydrogen-bond acceptors (Lipinski definition) is 2. The topological polar surface area (TPSA) is 21.3 Å². The average Bonchev–Trinajstić information content (AvgIpc) is 2.42. The van der Waals surface area contributed by atoms with Crippen molar-refractivity contribution in [1.82, 2.24) is 5.32 Å². The van der Waals surface area contributed by atoms with Crippen LogP contribution >= 0.6 is 0 Å². The van der Waals surface area contributed by atoms with E-state index in [2.05, 4.69) is 23.9 Å². The molecule has 1 aromatic rings. The molecule has 0 aromatic heterocycles. The van der Waals surface area contributed by atoms with Crippen molar-refractivity contribution in [2.75, 3.05) is 6.54 Å². The average molecular weight is 285 g/mol. The van der Waals surface area contributed by atoms with Crippen LogP contribution < -0.4 is 10.1 Å². The van der Waals surface area contributed by atoms with E-state index in [9.17, 15) is 8.78 Å². The van der Waals surface area contributed by atoms with Crippen molar-refractivity contribution in [2.24, 2.45) is 0 Å². The predicted octanol–water partition coefficient (Wildman–Crippen LogP) is 4.39. The Bertz CT molecular complexity index is 354. The largest absolute Gasteiger partial charge is 0.435 e. The lowest BCUT2D eigenvalue weighted by molar-refractivity contribution is -0.0498. The third kappa shape index (κ3) is 7.43. The van der Waals surface area contributed by atoms with Gasteiger partial charge in [-0.1, -0.05) is 31.9 Å². The minimum absolute atomic E-state index is 0.217. The van der Waals surface area contributed by atoms with Crippen molar-refractivity contribution >= 4 is 0 Å². The van der Waals surface area contributed by atoms with E-state index in [4.69, 9.17) is 0 Å². The van der Waals surface area contributed by atoms with E-state index in [1.54, 1.807) is 12.1 Å². The van der Waals surface area contributed by atoms with Gasteiger partial charge in [0.2, 0.25) is 0 Å². The van der Waals surface area contributed by atoms with Gasteiger partial charge in [-0.15, -0.1) is 0 Å². The van der Waals surface area contributed by atoms with Gasteiger partial charge in [-0.25, -0.2) is 0 Å². The number of rotatable bonds is 10. The van der Waals surface area contributed by atoms with Crippen molar-refractivity contribution in [3.05, 3.63) is 29.8 Å². The molecule has 20 heavy (non-hydrogen) atoms. The molecule has 0 aliphatic carbocycles. The summed E-state index contributed by atoms with van der Waals surface area (Å²) in [5.41, 5.74) is 1.15. The van der Waals surface area contributed by atoms with Crippen LogP contribution in [0.4, 0.5) is 8.78 Å². The van der Waals surface area contributed by atoms with E-state index in [0.717, 1.165) is 24.9 Å². The molecule has 0 amide bonds. The zero-order chi connectivity index (χ0) is 14.8. The summed E-state index contributed by atoms with van der Waals surface area (Å²) < 4.78 is 28.4. The van der Waals surface area contributed by atoms with Crippen LogP contribution in [0, 0.1) is 0 Å². The van der Waals surface area contributed by atoms with Gasteiger partial charge in [0.15, 0.2) is 0 Å². The second kappa shape index (κ2) is 9.70. The normalized spacial score (nSPS) is 12.7. The first-order valence-corrected chi connectivity index (χ1v) is 7.39. The first kappa shape index (κ1) is 16.9. The number of ether oxygens (including phenoxy) is 1.